The molecule has 1 N–H and O–H groups in total. The van der Waals surface area contributed by atoms with Crippen molar-refractivity contribution in [1.29, 1.82) is 0 Å². The first kappa shape index (κ1) is 17.9. The highest BCUT2D eigenvalue weighted by molar-refractivity contribution is 6.03. The van der Waals surface area contributed by atoms with Crippen LogP contribution in [0, 0.1) is 5.92 Å². The standard InChI is InChI=1S/C27H27N3/c1-14(2)24-12-23-20-8-7-19-18-6-5-16(26-13-28-27(30-26)15(3)4)9-17(18)10-21(19)22(20)11-25(23)29-24/h5-9,13-15H,10-12H2,1-4H3,(H,28,30). The van der Waals surface area contributed by atoms with Gasteiger partial charge in [0.15, 0.2) is 0 Å². The first-order valence-corrected chi connectivity index (χ1v) is 11.1. The first-order valence-electron chi connectivity index (χ1n) is 11.1. The number of hydrogen-bond donors (Lipinski definition) is 1. The molecule has 2 heterocycles. The van der Waals surface area contributed by atoms with Gasteiger partial charge >= 0.3 is 0 Å². The Bertz CT molecular complexity index is 1270. The van der Waals surface area contributed by atoms with Gasteiger partial charge < -0.3 is 4.98 Å². The maximum absolute atomic E-state index is 4.99. The number of hydrogen-bond acceptors (Lipinski definition) is 2. The molecule has 1 aliphatic heterocycles. The second-order valence-electron chi connectivity index (χ2n) is 9.54. The van der Waals surface area contributed by atoms with Crippen LogP contribution in [0.1, 0.15) is 68.1 Å². The molecule has 0 saturated heterocycles. The molecule has 0 bridgehead atoms. The number of nitrogens with one attached hydrogen (secondary N) is 1. The van der Waals surface area contributed by atoms with Crippen molar-refractivity contribution in [2.24, 2.45) is 10.9 Å². The summed E-state index contributed by atoms with van der Waals surface area (Å²) in [6.07, 6.45) is 5.03. The van der Waals surface area contributed by atoms with Crippen LogP contribution in [-0.4, -0.2) is 15.7 Å². The molecule has 0 fully saturated rings. The number of allylic oxidation sites excluding steroid dienone is 2. The average Bonchev–Trinajstić information content (AvgIpc) is 3.47. The minimum Gasteiger partial charge on any atom is -0.342 e. The fourth-order valence-electron chi connectivity index (χ4n) is 5.23. The topological polar surface area (TPSA) is 41.0 Å². The van der Waals surface area contributed by atoms with Crippen LogP contribution in [0.25, 0.3) is 28.0 Å². The molecule has 1 aromatic heterocycles. The number of aromatic nitrogens is 2. The lowest BCUT2D eigenvalue weighted by Crippen LogP contribution is -2.06. The number of benzene rings is 2. The summed E-state index contributed by atoms with van der Waals surface area (Å²) in [6, 6.07) is 11.6. The number of imidazole rings is 1. The van der Waals surface area contributed by atoms with Crippen molar-refractivity contribution >= 4 is 11.3 Å². The molecule has 0 unspecified atom stereocenters. The highest BCUT2D eigenvalue weighted by Gasteiger charge is 2.32. The molecule has 2 aromatic carbocycles. The molecule has 0 saturated carbocycles. The van der Waals surface area contributed by atoms with E-state index in [4.69, 9.17) is 4.99 Å². The van der Waals surface area contributed by atoms with Crippen LogP contribution in [0.2, 0.25) is 0 Å². The van der Waals surface area contributed by atoms with Crippen LogP contribution in [-0.2, 0) is 12.8 Å². The lowest BCUT2D eigenvalue weighted by molar-refractivity contribution is 0.795. The Morgan fingerprint density at radius 3 is 2.37 bits per heavy atom. The van der Waals surface area contributed by atoms with E-state index in [2.05, 4.69) is 68.0 Å². The van der Waals surface area contributed by atoms with Crippen LogP contribution in [0.3, 0.4) is 0 Å². The van der Waals surface area contributed by atoms with Gasteiger partial charge in [0, 0.05) is 30.2 Å². The van der Waals surface area contributed by atoms with E-state index >= 15 is 0 Å². The van der Waals surface area contributed by atoms with Crippen LogP contribution in [0.4, 0.5) is 0 Å². The minimum absolute atomic E-state index is 0.411. The number of aliphatic imine (C=N–C) groups is 1. The van der Waals surface area contributed by atoms with Crippen LogP contribution < -0.4 is 0 Å². The maximum atomic E-state index is 4.99. The Balaban J connectivity index is 1.35. The van der Waals surface area contributed by atoms with E-state index in [1.165, 1.54) is 55.9 Å². The molecule has 0 atom stereocenters. The van der Waals surface area contributed by atoms with Gasteiger partial charge in [-0.1, -0.05) is 52.0 Å². The minimum atomic E-state index is 0.411. The summed E-state index contributed by atoms with van der Waals surface area (Å²) in [7, 11) is 0. The molecule has 0 spiro atoms. The van der Waals surface area contributed by atoms with Crippen molar-refractivity contribution < 1.29 is 0 Å². The van der Waals surface area contributed by atoms with E-state index in [1.54, 1.807) is 0 Å². The van der Waals surface area contributed by atoms with Crippen molar-refractivity contribution in [1.82, 2.24) is 9.97 Å². The number of fused-ring (bicyclic) bond motifs is 6. The third-order valence-corrected chi connectivity index (χ3v) is 6.97. The fourth-order valence-corrected chi connectivity index (χ4v) is 5.23. The molecule has 6 rings (SSSR count). The zero-order valence-electron chi connectivity index (χ0n) is 18.1. The summed E-state index contributed by atoms with van der Waals surface area (Å²) < 4.78 is 0. The smallest absolute Gasteiger partial charge is 0.109 e. The van der Waals surface area contributed by atoms with Crippen LogP contribution in [0.15, 0.2) is 47.2 Å². The van der Waals surface area contributed by atoms with Gasteiger partial charge in [0.05, 0.1) is 11.9 Å². The molecule has 150 valence electrons. The number of H-pyrrole nitrogens is 1. The molecule has 3 nitrogen and oxygen atoms in total. The van der Waals surface area contributed by atoms with Gasteiger partial charge in [-0.25, -0.2) is 4.98 Å². The number of rotatable bonds is 3. The van der Waals surface area contributed by atoms with Gasteiger partial charge in [-0.3, -0.25) is 4.99 Å². The summed E-state index contributed by atoms with van der Waals surface area (Å²) in [4.78, 5) is 13.0. The Hall–Kier alpha value is -2.94. The SMILES string of the molecule is CC(C)C1=NC2=C(C1)c1ccc3c(c1C2)Cc1cc(-c2cnc(C(C)C)[nH]2)ccc1-3. The molecule has 0 amide bonds. The summed E-state index contributed by atoms with van der Waals surface area (Å²) in [5, 5.41) is 0. The van der Waals surface area contributed by atoms with E-state index in [0.717, 1.165) is 30.8 Å². The second kappa shape index (κ2) is 6.28. The lowest BCUT2D eigenvalue weighted by Gasteiger charge is -2.12. The molecule has 2 aliphatic carbocycles. The van der Waals surface area contributed by atoms with Gasteiger partial charge in [0.1, 0.15) is 5.82 Å². The molecule has 3 aromatic rings. The Kier molecular flexibility index (Phi) is 3.74. The van der Waals surface area contributed by atoms with Gasteiger partial charge in [-0.05, 0) is 62.9 Å². The molecule has 3 aliphatic rings. The van der Waals surface area contributed by atoms with E-state index in [-0.39, 0.29) is 0 Å². The van der Waals surface area contributed by atoms with Gasteiger partial charge in [0.25, 0.3) is 0 Å². The summed E-state index contributed by atoms with van der Waals surface area (Å²) >= 11 is 0. The molecule has 3 heteroatoms. The van der Waals surface area contributed by atoms with Gasteiger partial charge in [-0.15, -0.1) is 0 Å². The zero-order chi connectivity index (χ0) is 20.6. The third kappa shape index (κ3) is 2.51. The molecule has 30 heavy (non-hydrogen) atoms. The van der Waals surface area contributed by atoms with Crippen molar-refractivity contribution in [3.8, 4) is 22.4 Å². The van der Waals surface area contributed by atoms with Gasteiger partial charge in [-0.2, -0.15) is 0 Å². The Morgan fingerprint density at radius 1 is 0.833 bits per heavy atom. The van der Waals surface area contributed by atoms with Crippen molar-refractivity contribution in [3.05, 3.63) is 70.3 Å². The molecule has 0 radical (unpaired) electrons. The maximum Gasteiger partial charge on any atom is 0.109 e. The normalized spacial score (nSPS) is 16.3. The predicted octanol–water partition coefficient (Wildman–Crippen LogP) is 6.54. The van der Waals surface area contributed by atoms with E-state index in [9.17, 15) is 0 Å². The number of aromatic amines is 1. The average molecular weight is 394 g/mol. The zero-order valence-corrected chi connectivity index (χ0v) is 18.1. The molecular weight excluding hydrogens is 366 g/mol. The Morgan fingerprint density at radius 2 is 1.60 bits per heavy atom. The lowest BCUT2D eigenvalue weighted by atomic mass is 9.93. The fraction of sp³-hybridized carbons (Fsp3) is 0.333. The van der Waals surface area contributed by atoms with Crippen molar-refractivity contribution in [2.75, 3.05) is 0 Å². The van der Waals surface area contributed by atoms with Crippen molar-refractivity contribution in [2.45, 2.75) is 52.9 Å². The van der Waals surface area contributed by atoms with E-state index in [1.807, 2.05) is 6.20 Å². The van der Waals surface area contributed by atoms with Crippen molar-refractivity contribution in [3.63, 3.8) is 0 Å². The summed E-state index contributed by atoms with van der Waals surface area (Å²) in [5.41, 5.74) is 15.2. The molecular formula is C27H27N3. The second-order valence-corrected chi connectivity index (χ2v) is 9.54. The largest absolute Gasteiger partial charge is 0.342 e. The summed E-state index contributed by atoms with van der Waals surface area (Å²) in [5.74, 6) is 2.00. The highest BCUT2D eigenvalue weighted by atomic mass is 14.9. The van der Waals surface area contributed by atoms with E-state index in [0.29, 0.717) is 11.8 Å². The van der Waals surface area contributed by atoms with E-state index < -0.39 is 0 Å². The van der Waals surface area contributed by atoms with Gasteiger partial charge in [0.2, 0.25) is 0 Å². The predicted molar refractivity (Wildman–Crippen MR) is 124 cm³/mol. The summed E-state index contributed by atoms with van der Waals surface area (Å²) in [6.45, 7) is 8.84. The monoisotopic (exact) mass is 393 g/mol. The Labute approximate surface area is 178 Å². The van der Waals surface area contributed by atoms with Crippen LogP contribution in [0.5, 0.6) is 0 Å². The highest BCUT2D eigenvalue weighted by Crippen LogP contribution is 2.48. The third-order valence-electron chi connectivity index (χ3n) is 6.97. The van der Waals surface area contributed by atoms with Crippen LogP contribution >= 0.6 is 0 Å². The quantitative estimate of drug-likeness (QED) is 0.422. The number of nitrogens with zero attached hydrogens (tertiary/aromatic N) is 2. The first-order chi connectivity index (χ1) is 14.5.